The molecule has 3 N–H and O–H groups in total. The molecular formula is C19H20Cl2N4O2. The first-order valence-corrected chi connectivity index (χ1v) is 9.18. The van der Waals surface area contributed by atoms with Crippen LogP contribution in [0.15, 0.2) is 47.6 Å². The fourth-order valence-electron chi connectivity index (χ4n) is 2.79. The van der Waals surface area contributed by atoms with E-state index in [-0.39, 0.29) is 11.9 Å². The Bertz CT molecular complexity index is 855. The largest absolute Gasteiger partial charge is 0.497 e. The maximum Gasteiger partial charge on any atom is 0.258 e. The fourth-order valence-corrected chi connectivity index (χ4v) is 3.10. The number of amides is 1. The molecule has 2 aromatic carbocycles. The molecule has 142 valence electrons. The summed E-state index contributed by atoms with van der Waals surface area (Å²) in [5.41, 5.74) is 11.3. The van der Waals surface area contributed by atoms with Gasteiger partial charge in [-0.1, -0.05) is 29.3 Å². The Morgan fingerprint density at radius 1 is 1.15 bits per heavy atom. The van der Waals surface area contributed by atoms with Crippen molar-refractivity contribution >= 4 is 34.8 Å². The Morgan fingerprint density at radius 3 is 2.56 bits per heavy atom. The molecule has 2 atom stereocenters. The number of methoxy groups -OCH3 is 1. The van der Waals surface area contributed by atoms with Crippen molar-refractivity contribution in [3.8, 4) is 5.75 Å². The number of halogens is 2. The first kappa shape index (κ1) is 19.6. The molecule has 0 bridgehead atoms. The maximum atomic E-state index is 12.4. The van der Waals surface area contributed by atoms with E-state index >= 15 is 0 Å². The molecule has 1 heterocycles. The number of hydrazone groups is 1. The minimum atomic E-state index is -0.406. The van der Waals surface area contributed by atoms with Crippen molar-refractivity contribution in [2.24, 2.45) is 5.10 Å². The number of benzene rings is 2. The lowest BCUT2D eigenvalue weighted by molar-refractivity contribution is -0.122. The SMILES string of the molecule is COc1ccc(/C(C)=N/NC(=O)C2CC(c3ccc(Cl)c(Cl)c3)NN2)cc1. The van der Waals surface area contributed by atoms with Crippen LogP contribution in [0.1, 0.15) is 30.5 Å². The van der Waals surface area contributed by atoms with Crippen molar-refractivity contribution in [3.05, 3.63) is 63.6 Å². The Kier molecular flexibility index (Phi) is 6.34. The summed E-state index contributed by atoms with van der Waals surface area (Å²) < 4.78 is 5.13. The summed E-state index contributed by atoms with van der Waals surface area (Å²) >= 11 is 12.0. The summed E-state index contributed by atoms with van der Waals surface area (Å²) in [6.45, 7) is 1.83. The lowest BCUT2D eigenvalue weighted by Gasteiger charge is -2.10. The topological polar surface area (TPSA) is 74.8 Å². The molecule has 2 aromatic rings. The lowest BCUT2D eigenvalue weighted by atomic mass is 10.0. The zero-order valence-electron chi connectivity index (χ0n) is 14.9. The molecule has 8 heteroatoms. The summed E-state index contributed by atoms with van der Waals surface area (Å²) in [4.78, 5) is 12.4. The Morgan fingerprint density at radius 2 is 1.89 bits per heavy atom. The molecule has 0 aromatic heterocycles. The van der Waals surface area contributed by atoms with Gasteiger partial charge in [0.1, 0.15) is 11.8 Å². The Balaban J connectivity index is 1.58. The number of nitrogens with one attached hydrogen (secondary N) is 3. The van der Waals surface area contributed by atoms with Crippen LogP contribution in [0.3, 0.4) is 0 Å². The minimum absolute atomic E-state index is 0.0396. The van der Waals surface area contributed by atoms with Crippen molar-refractivity contribution in [3.63, 3.8) is 0 Å². The quantitative estimate of drug-likeness (QED) is 0.524. The molecule has 1 fully saturated rings. The predicted molar refractivity (Wildman–Crippen MR) is 107 cm³/mol. The normalized spacial score (nSPS) is 19.8. The predicted octanol–water partition coefficient (Wildman–Crippen LogP) is 3.45. The van der Waals surface area contributed by atoms with Crippen LogP contribution < -0.4 is 21.0 Å². The van der Waals surface area contributed by atoms with Crippen LogP contribution in [-0.4, -0.2) is 24.8 Å². The smallest absolute Gasteiger partial charge is 0.258 e. The van der Waals surface area contributed by atoms with Gasteiger partial charge >= 0.3 is 0 Å². The van der Waals surface area contributed by atoms with Crippen molar-refractivity contribution in [2.75, 3.05) is 7.11 Å². The van der Waals surface area contributed by atoms with E-state index in [1.807, 2.05) is 37.3 Å². The van der Waals surface area contributed by atoms with E-state index in [0.29, 0.717) is 22.2 Å². The van der Waals surface area contributed by atoms with Crippen molar-refractivity contribution in [1.29, 1.82) is 0 Å². The third-order valence-electron chi connectivity index (χ3n) is 4.41. The van der Waals surface area contributed by atoms with Gasteiger partial charge in [-0.2, -0.15) is 5.10 Å². The van der Waals surface area contributed by atoms with Crippen LogP contribution in [0.25, 0.3) is 0 Å². The number of nitrogens with zero attached hydrogens (tertiary/aromatic N) is 1. The third kappa shape index (κ3) is 4.78. The Labute approximate surface area is 167 Å². The van der Waals surface area contributed by atoms with Gasteiger partial charge in [-0.25, -0.2) is 16.3 Å². The van der Waals surface area contributed by atoms with Crippen LogP contribution in [0.2, 0.25) is 10.0 Å². The standard InChI is InChI=1S/C19H20Cl2N4O2/c1-11(12-3-6-14(27-2)7-4-12)22-25-19(26)18-10-17(23-24-18)13-5-8-15(20)16(21)9-13/h3-9,17-18,23-24H,10H2,1-2H3,(H,25,26)/b22-11+. The first-order valence-electron chi connectivity index (χ1n) is 8.42. The van der Waals surface area contributed by atoms with Crippen LogP contribution >= 0.6 is 23.2 Å². The minimum Gasteiger partial charge on any atom is -0.497 e. The average molecular weight is 407 g/mol. The van der Waals surface area contributed by atoms with Gasteiger partial charge in [-0.05, 0) is 60.9 Å². The van der Waals surface area contributed by atoms with Gasteiger partial charge in [0.25, 0.3) is 5.91 Å². The highest BCUT2D eigenvalue weighted by Gasteiger charge is 2.30. The molecule has 0 saturated carbocycles. The summed E-state index contributed by atoms with van der Waals surface area (Å²) in [6, 6.07) is 12.5. The first-order chi connectivity index (χ1) is 13.0. The highest BCUT2D eigenvalue weighted by atomic mass is 35.5. The molecule has 0 spiro atoms. The third-order valence-corrected chi connectivity index (χ3v) is 5.15. The molecule has 0 aliphatic carbocycles. The van der Waals surface area contributed by atoms with Crippen LogP contribution in [0.5, 0.6) is 5.75 Å². The molecule has 3 rings (SSSR count). The van der Waals surface area contributed by atoms with Gasteiger partial charge in [-0.3, -0.25) is 4.79 Å². The van der Waals surface area contributed by atoms with Crippen molar-refractivity contribution in [2.45, 2.75) is 25.4 Å². The van der Waals surface area contributed by atoms with Crippen molar-refractivity contribution in [1.82, 2.24) is 16.3 Å². The van der Waals surface area contributed by atoms with Crippen LogP contribution in [0.4, 0.5) is 0 Å². The molecule has 1 saturated heterocycles. The van der Waals surface area contributed by atoms with E-state index in [4.69, 9.17) is 27.9 Å². The monoisotopic (exact) mass is 406 g/mol. The van der Waals surface area contributed by atoms with Gasteiger partial charge in [0, 0.05) is 6.04 Å². The van der Waals surface area contributed by atoms with Crippen molar-refractivity contribution < 1.29 is 9.53 Å². The van der Waals surface area contributed by atoms with Gasteiger partial charge in [0.05, 0.1) is 22.9 Å². The van der Waals surface area contributed by atoms with Crippen LogP contribution in [-0.2, 0) is 4.79 Å². The molecule has 1 aliphatic rings. The second kappa shape index (κ2) is 8.71. The number of rotatable bonds is 5. The Hall–Kier alpha value is -2.12. The maximum absolute atomic E-state index is 12.4. The fraction of sp³-hybridized carbons (Fsp3) is 0.263. The van der Waals surface area contributed by atoms with E-state index in [9.17, 15) is 4.79 Å². The molecule has 1 amide bonds. The molecular weight excluding hydrogens is 387 g/mol. The summed E-state index contributed by atoms with van der Waals surface area (Å²) in [5.74, 6) is 0.558. The number of carbonyl (C=O) groups is 1. The number of carbonyl (C=O) groups excluding carboxylic acids is 1. The number of hydrazine groups is 1. The second-order valence-electron chi connectivity index (χ2n) is 6.20. The number of hydrogen-bond donors (Lipinski definition) is 3. The summed E-state index contributed by atoms with van der Waals surface area (Å²) in [5, 5.41) is 5.18. The molecule has 6 nitrogen and oxygen atoms in total. The van der Waals surface area contributed by atoms with E-state index in [1.54, 1.807) is 19.2 Å². The second-order valence-corrected chi connectivity index (χ2v) is 7.02. The highest BCUT2D eigenvalue weighted by Crippen LogP contribution is 2.29. The highest BCUT2D eigenvalue weighted by molar-refractivity contribution is 6.42. The van der Waals surface area contributed by atoms with Crippen LogP contribution in [0, 0.1) is 0 Å². The van der Waals surface area contributed by atoms with Gasteiger partial charge in [-0.15, -0.1) is 0 Å². The van der Waals surface area contributed by atoms with E-state index in [0.717, 1.165) is 16.9 Å². The lowest BCUT2D eigenvalue weighted by Crippen LogP contribution is -2.41. The molecule has 2 unspecified atom stereocenters. The zero-order valence-corrected chi connectivity index (χ0v) is 16.4. The number of hydrogen-bond acceptors (Lipinski definition) is 5. The van der Waals surface area contributed by atoms with Gasteiger partial charge < -0.3 is 4.74 Å². The molecule has 1 aliphatic heterocycles. The van der Waals surface area contributed by atoms with E-state index < -0.39 is 6.04 Å². The zero-order chi connectivity index (χ0) is 19.4. The molecule has 27 heavy (non-hydrogen) atoms. The number of ether oxygens (including phenoxy) is 1. The average Bonchev–Trinajstić information content (AvgIpc) is 3.18. The van der Waals surface area contributed by atoms with E-state index in [2.05, 4.69) is 21.4 Å². The van der Waals surface area contributed by atoms with Gasteiger partial charge in [0.2, 0.25) is 0 Å². The summed E-state index contributed by atoms with van der Waals surface area (Å²) in [7, 11) is 1.62. The van der Waals surface area contributed by atoms with Gasteiger partial charge in [0.15, 0.2) is 0 Å². The van der Waals surface area contributed by atoms with E-state index in [1.165, 1.54) is 0 Å². The summed E-state index contributed by atoms with van der Waals surface area (Å²) in [6.07, 6.45) is 0.570. The molecule has 0 radical (unpaired) electrons.